The van der Waals surface area contributed by atoms with Gasteiger partial charge in [-0.1, -0.05) is 19.9 Å². The second-order valence-electron chi connectivity index (χ2n) is 6.39. The van der Waals surface area contributed by atoms with Gasteiger partial charge in [0.1, 0.15) is 0 Å². The molecule has 0 aliphatic carbocycles. The molecule has 1 aliphatic heterocycles. The van der Waals surface area contributed by atoms with Crippen molar-refractivity contribution in [3.05, 3.63) is 28.2 Å². The Morgan fingerprint density at radius 2 is 2.00 bits per heavy atom. The third kappa shape index (κ3) is 3.86. The summed E-state index contributed by atoms with van der Waals surface area (Å²) in [6.45, 7) is 5.91. The molecule has 0 spiro atoms. The molecule has 2 rings (SSSR count). The molecule has 0 atom stereocenters. The zero-order valence-electron chi connectivity index (χ0n) is 12.6. The first-order valence-corrected chi connectivity index (χ1v) is 9.48. The quantitative estimate of drug-likeness (QED) is 0.883. The summed E-state index contributed by atoms with van der Waals surface area (Å²) in [6, 6.07) is 5.28. The van der Waals surface area contributed by atoms with Crippen LogP contribution in [-0.4, -0.2) is 25.8 Å². The van der Waals surface area contributed by atoms with Gasteiger partial charge in [0.05, 0.1) is 4.90 Å². The van der Waals surface area contributed by atoms with Crippen molar-refractivity contribution in [2.24, 2.45) is 11.1 Å². The Morgan fingerprint density at radius 3 is 2.67 bits per heavy atom. The fraction of sp³-hybridized carbons (Fsp3) is 0.600. The zero-order chi connectivity index (χ0) is 15.7. The van der Waals surface area contributed by atoms with Gasteiger partial charge in [-0.2, -0.15) is 4.31 Å². The van der Waals surface area contributed by atoms with Crippen LogP contribution in [0.3, 0.4) is 0 Å². The number of rotatable bonds is 3. The molecule has 1 heterocycles. The van der Waals surface area contributed by atoms with Crippen LogP contribution in [0.2, 0.25) is 0 Å². The van der Waals surface area contributed by atoms with Crippen LogP contribution < -0.4 is 5.73 Å². The lowest BCUT2D eigenvalue weighted by Gasteiger charge is -2.23. The van der Waals surface area contributed by atoms with E-state index in [0.717, 1.165) is 24.8 Å². The SMILES string of the molecule is CC1(C)CCCN(S(=O)(=O)c2cc(CN)ccc2Br)CC1. The fourth-order valence-electron chi connectivity index (χ4n) is 2.65. The van der Waals surface area contributed by atoms with Crippen LogP contribution >= 0.6 is 15.9 Å². The summed E-state index contributed by atoms with van der Waals surface area (Å²) >= 11 is 3.36. The van der Waals surface area contributed by atoms with Crippen LogP contribution in [0.5, 0.6) is 0 Å². The van der Waals surface area contributed by atoms with E-state index in [1.54, 1.807) is 16.4 Å². The maximum Gasteiger partial charge on any atom is 0.244 e. The molecule has 1 saturated heterocycles. The van der Waals surface area contributed by atoms with Gasteiger partial charge in [-0.3, -0.25) is 0 Å². The van der Waals surface area contributed by atoms with Crippen molar-refractivity contribution in [2.75, 3.05) is 13.1 Å². The minimum absolute atomic E-state index is 0.209. The summed E-state index contributed by atoms with van der Waals surface area (Å²) in [4.78, 5) is 0.324. The van der Waals surface area contributed by atoms with Crippen molar-refractivity contribution in [1.29, 1.82) is 0 Å². The lowest BCUT2D eigenvalue weighted by Crippen LogP contribution is -2.32. The molecule has 1 aromatic carbocycles. The van der Waals surface area contributed by atoms with E-state index in [1.807, 2.05) is 6.07 Å². The summed E-state index contributed by atoms with van der Waals surface area (Å²) in [5.74, 6) is 0. The van der Waals surface area contributed by atoms with Crippen molar-refractivity contribution < 1.29 is 8.42 Å². The Balaban J connectivity index is 2.33. The Bertz CT molecular complexity index is 614. The summed E-state index contributed by atoms with van der Waals surface area (Å²) in [5, 5.41) is 0. The predicted octanol–water partition coefficient (Wildman–Crippen LogP) is 3.11. The van der Waals surface area contributed by atoms with Gasteiger partial charge in [0.25, 0.3) is 0 Å². The maximum atomic E-state index is 12.9. The van der Waals surface area contributed by atoms with Crippen LogP contribution in [0, 0.1) is 5.41 Å². The molecule has 6 heteroatoms. The largest absolute Gasteiger partial charge is 0.326 e. The molecule has 0 radical (unpaired) electrons. The number of hydrogen-bond acceptors (Lipinski definition) is 3. The highest BCUT2D eigenvalue weighted by atomic mass is 79.9. The van der Waals surface area contributed by atoms with E-state index < -0.39 is 10.0 Å². The van der Waals surface area contributed by atoms with Gasteiger partial charge >= 0.3 is 0 Å². The van der Waals surface area contributed by atoms with E-state index in [2.05, 4.69) is 29.8 Å². The van der Waals surface area contributed by atoms with Gasteiger partial charge in [-0.25, -0.2) is 8.42 Å². The summed E-state index contributed by atoms with van der Waals surface area (Å²) in [7, 11) is -3.47. The number of halogens is 1. The standard InChI is InChI=1S/C15H23BrN2O2S/c1-15(2)6-3-8-18(9-7-15)21(19,20)14-10-12(11-17)4-5-13(14)16/h4-5,10H,3,6-9,11,17H2,1-2H3. The smallest absolute Gasteiger partial charge is 0.244 e. The molecule has 21 heavy (non-hydrogen) atoms. The number of nitrogens with zero attached hydrogens (tertiary/aromatic N) is 1. The van der Waals surface area contributed by atoms with Gasteiger partial charge in [-0.05, 0) is 58.3 Å². The van der Waals surface area contributed by atoms with Crippen LogP contribution in [0.25, 0.3) is 0 Å². The summed E-state index contributed by atoms with van der Waals surface area (Å²) in [5.41, 5.74) is 6.66. The Kier molecular flexibility index (Phi) is 5.13. The lowest BCUT2D eigenvalue weighted by molar-refractivity contribution is 0.315. The van der Waals surface area contributed by atoms with Crippen molar-refractivity contribution >= 4 is 26.0 Å². The Hall–Kier alpha value is -0.430. The molecule has 1 aromatic rings. The molecule has 0 saturated carbocycles. The minimum Gasteiger partial charge on any atom is -0.326 e. The van der Waals surface area contributed by atoms with E-state index >= 15 is 0 Å². The van der Waals surface area contributed by atoms with Crippen molar-refractivity contribution in [2.45, 2.75) is 44.6 Å². The second-order valence-corrected chi connectivity index (χ2v) is 9.15. The van der Waals surface area contributed by atoms with Crippen LogP contribution in [0.15, 0.2) is 27.6 Å². The number of nitrogens with two attached hydrogens (primary N) is 1. The third-order valence-corrected chi connectivity index (χ3v) is 7.04. The summed E-state index contributed by atoms with van der Waals surface area (Å²) < 4.78 is 28.0. The van der Waals surface area contributed by atoms with Crippen molar-refractivity contribution in [3.63, 3.8) is 0 Å². The molecule has 4 nitrogen and oxygen atoms in total. The first kappa shape index (κ1) is 16.9. The average Bonchev–Trinajstić information content (AvgIpc) is 2.60. The normalized spacial score (nSPS) is 20.2. The third-order valence-electron chi connectivity index (χ3n) is 4.15. The van der Waals surface area contributed by atoms with Crippen molar-refractivity contribution in [3.8, 4) is 0 Å². The van der Waals surface area contributed by atoms with E-state index in [4.69, 9.17) is 5.73 Å². The summed E-state index contributed by atoms with van der Waals surface area (Å²) in [6.07, 6.45) is 2.85. The molecule has 0 aromatic heterocycles. The monoisotopic (exact) mass is 374 g/mol. The first-order valence-electron chi connectivity index (χ1n) is 7.25. The Morgan fingerprint density at radius 1 is 1.29 bits per heavy atom. The van der Waals surface area contributed by atoms with Gasteiger partial charge in [-0.15, -0.1) is 0 Å². The number of sulfonamides is 1. The maximum absolute atomic E-state index is 12.9. The Labute approximate surface area is 135 Å². The molecule has 0 unspecified atom stereocenters. The topological polar surface area (TPSA) is 63.4 Å². The minimum atomic E-state index is -3.47. The van der Waals surface area contributed by atoms with E-state index in [0.29, 0.717) is 29.0 Å². The van der Waals surface area contributed by atoms with E-state index in [-0.39, 0.29) is 5.41 Å². The van der Waals surface area contributed by atoms with Gasteiger partial charge in [0.15, 0.2) is 0 Å². The highest BCUT2D eigenvalue weighted by Crippen LogP contribution is 2.33. The van der Waals surface area contributed by atoms with E-state index in [9.17, 15) is 8.42 Å². The molecule has 1 aliphatic rings. The zero-order valence-corrected chi connectivity index (χ0v) is 15.0. The van der Waals surface area contributed by atoms with Gasteiger partial charge in [0, 0.05) is 24.1 Å². The van der Waals surface area contributed by atoms with Crippen LogP contribution in [-0.2, 0) is 16.6 Å². The molecular formula is C15H23BrN2O2S. The molecule has 0 amide bonds. The van der Waals surface area contributed by atoms with Crippen molar-refractivity contribution in [1.82, 2.24) is 4.31 Å². The fourth-order valence-corrected chi connectivity index (χ4v) is 5.10. The number of benzene rings is 1. The first-order chi connectivity index (χ1) is 9.76. The van der Waals surface area contributed by atoms with Crippen LogP contribution in [0.1, 0.15) is 38.7 Å². The molecule has 2 N–H and O–H groups in total. The highest BCUT2D eigenvalue weighted by Gasteiger charge is 2.31. The average molecular weight is 375 g/mol. The molecule has 0 bridgehead atoms. The number of hydrogen-bond donors (Lipinski definition) is 1. The van der Waals surface area contributed by atoms with Gasteiger partial charge < -0.3 is 5.73 Å². The predicted molar refractivity (Wildman–Crippen MR) is 88.4 cm³/mol. The van der Waals surface area contributed by atoms with Gasteiger partial charge in [0.2, 0.25) is 10.0 Å². The molecule has 118 valence electrons. The molecular weight excluding hydrogens is 352 g/mol. The second kappa shape index (κ2) is 6.36. The van der Waals surface area contributed by atoms with E-state index in [1.165, 1.54) is 0 Å². The lowest BCUT2D eigenvalue weighted by atomic mass is 9.85. The van der Waals surface area contributed by atoms with Crippen LogP contribution in [0.4, 0.5) is 0 Å². The highest BCUT2D eigenvalue weighted by molar-refractivity contribution is 9.10. The molecule has 1 fully saturated rings.